The number of carbonyl (C=O) groups excluding carboxylic acids is 1. The monoisotopic (exact) mass is 402 g/mol. The highest BCUT2D eigenvalue weighted by Crippen LogP contribution is 2.19. The minimum atomic E-state index is -3.55. The van der Waals surface area contributed by atoms with E-state index in [0.29, 0.717) is 18.2 Å². The van der Waals surface area contributed by atoms with Crippen molar-refractivity contribution in [2.24, 2.45) is 5.92 Å². The Bertz CT molecular complexity index is 877. The Balaban J connectivity index is 1.47. The molecule has 0 atom stereocenters. The molecule has 0 spiro atoms. The number of rotatable bonds is 7. The van der Waals surface area contributed by atoms with Gasteiger partial charge in [0.2, 0.25) is 15.9 Å². The van der Waals surface area contributed by atoms with Crippen LogP contribution in [0, 0.1) is 5.92 Å². The number of aromatic nitrogens is 1. The van der Waals surface area contributed by atoms with E-state index in [1.807, 2.05) is 18.2 Å². The van der Waals surface area contributed by atoms with Crippen LogP contribution in [0.2, 0.25) is 0 Å². The Morgan fingerprint density at radius 2 is 1.86 bits per heavy atom. The van der Waals surface area contributed by atoms with Gasteiger partial charge < -0.3 is 5.32 Å². The maximum absolute atomic E-state index is 12.5. The summed E-state index contributed by atoms with van der Waals surface area (Å²) in [5.74, 6) is 0.136. The van der Waals surface area contributed by atoms with Crippen LogP contribution < -0.4 is 10.0 Å². The normalized spacial score (nSPS) is 16.0. The minimum absolute atomic E-state index is 0.192. The van der Waals surface area contributed by atoms with Crippen molar-refractivity contribution in [3.05, 3.63) is 54.4 Å². The average Bonchev–Trinajstić information content (AvgIpc) is 2.68. The number of pyridine rings is 1. The number of amides is 1. The molecule has 0 aliphatic carbocycles. The molecule has 0 unspecified atom stereocenters. The van der Waals surface area contributed by atoms with E-state index in [-0.39, 0.29) is 10.8 Å². The summed E-state index contributed by atoms with van der Waals surface area (Å²) in [6.45, 7) is 4.56. The van der Waals surface area contributed by atoms with Crippen molar-refractivity contribution in [2.45, 2.75) is 31.2 Å². The number of piperidine rings is 1. The van der Waals surface area contributed by atoms with Crippen LogP contribution in [0.1, 0.15) is 25.5 Å². The van der Waals surface area contributed by atoms with Gasteiger partial charge in [-0.1, -0.05) is 6.07 Å². The average molecular weight is 403 g/mol. The van der Waals surface area contributed by atoms with E-state index in [1.165, 1.54) is 19.1 Å². The van der Waals surface area contributed by atoms with Crippen LogP contribution in [-0.4, -0.2) is 43.8 Å². The molecule has 2 aromatic rings. The van der Waals surface area contributed by atoms with Crippen molar-refractivity contribution in [1.82, 2.24) is 14.6 Å². The third kappa shape index (κ3) is 5.85. The Hall–Kier alpha value is -2.29. The molecule has 1 aromatic carbocycles. The standard InChI is InChI=1S/C20H26N4O3S/c1-16(25)23-18-5-7-20(8-6-18)28(26,27)22-14-17-9-12-24(13-10-17)15-19-4-2-3-11-21-19/h2-8,11,17,22H,9-10,12-15H2,1H3,(H,23,25). The molecule has 0 saturated carbocycles. The topological polar surface area (TPSA) is 91.4 Å². The number of benzene rings is 1. The van der Waals surface area contributed by atoms with Gasteiger partial charge in [0.05, 0.1) is 10.6 Å². The van der Waals surface area contributed by atoms with E-state index in [0.717, 1.165) is 38.2 Å². The van der Waals surface area contributed by atoms with Crippen molar-refractivity contribution in [1.29, 1.82) is 0 Å². The van der Waals surface area contributed by atoms with Gasteiger partial charge in [-0.25, -0.2) is 13.1 Å². The fourth-order valence-corrected chi connectivity index (χ4v) is 4.42. The molecule has 1 fully saturated rings. The summed E-state index contributed by atoms with van der Waals surface area (Å²) < 4.78 is 27.7. The molecule has 8 heteroatoms. The van der Waals surface area contributed by atoms with Gasteiger partial charge in [0.1, 0.15) is 0 Å². The molecule has 1 aliphatic rings. The molecule has 150 valence electrons. The number of anilines is 1. The molecular weight excluding hydrogens is 376 g/mol. The lowest BCUT2D eigenvalue weighted by Crippen LogP contribution is -2.38. The summed E-state index contributed by atoms with van der Waals surface area (Å²) in [5, 5.41) is 2.63. The summed E-state index contributed by atoms with van der Waals surface area (Å²) in [7, 11) is -3.55. The summed E-state index contributed by atoms with van der Waals surface area (Å²) in [6, 6.07) is 12.1. The van der Waals surface area contributed by atoms with E-state index < -0.39 is 10.0 Å². The van der Waals surface area contributed by atoms with Crippen LogP contribution in [0.5, 0.6) is 0 Å². The largest absolute Gasteiger partial charge is 0.326 e. The number of carbonyl (C=O) groups is 1. The van der Waals surface area contributed by atoms with Gasteiger partial charge in [-0.2, -0.15) is 0 Å². The predicted molar refractivity (Wildman–Crippen MR) is 108 cm³/mol. The first-order valence-corrected chi connectivity index (χ1v) is 10.9. The molecule has 0 radical (unpaired) electrons. The van der Waals surface area contributed by atoms with Crippen molar-refractivity contribution < 1.29 is 13.2 Å². The number of hydrogen-bond donors (Lipinski definition) is 2. The first-order chi connectivity index (χ1) is 13.4. The lowest BCUT2D eigenvalue weighted by Gasteiger charge is -2.31. The third-order valence-electron chi connectivity index (χ3n) is 4.87. The molecular formula is C20H26N4O3S. The minimum Gasteiger partial charge on any atom is -0.326 e. The maximum atomic E-state index is 12.5. The molecule has 1 aromatic heterocycles. The highest BCUT2D eigenvalue weighted by molar-refractivity contribution is 7.89. The predicted octanol–water partition coefficient (Wildman–Crippen LogP) is 2.23. The fraction of sp³-hybridized carbons (Fsp3) is 0.400. The number of nitrogens with zero attached hydrogens (tertiary/aromatic N) is 2. The first kappa shape index (κ1) is 20.4. The van der Waals surface area contributed by atoms with Crippen LogP contribution in [-0.2, 0) is 21.4 Å². The van der Waals surface area contributed by atoms with E-state index >= 15 is 0 Å². The quantitative estimate of drug-likeness (QED) is 0.741. The highest BCUT2D eigenvalue weighted by atomic mass is 32.2. The van der Waals surface area contributed by atoms with Crippen molar-refractivity contribution >= 4 is 21.6 Å². The van der Waals surface area contributed by atoms with Crippen LogP contribution in [0.25, 0.3) is 0 Å². The summed E-state index contributed by atoms with van der Waals surface area (Å²) in [6.07, 6.45) is 3.72. The zero-order chi connectivity index (χ0) is 20.0. The van der Waals surface area contributed by atoms with E-state index in [4.69, 9.17) is 0 Å². The molecule has 0 bridgehead atoms. The van der Waals surface area contributed by atoms with Crippen LogP contribution in [0.15, 0.2) is 53.6 Å². The Kier molecular flexibility index (Phi) is 6.77. The second-order valence-corrected chi connectivity index (χ2v) is 8.87. The highest BCUT2D eigenvalue weighted by Gasteiger charge is 2.22. The van der Waals surface area contributed by atoms with Gasteiger partial charge in [-0.3, -0.25) is 14.7 Å². The third-order valence-corrected chi connectivity index (χ3v) is 6.31. The number of nitrogens with one attached hydrogen (secondary N) is 2. The van der Waals surface area contributed by atoms with Crippen molar-refractivity contribution in [3.8, 4) is 0 Å². The van der Waals surface area contributed by atoms with Gasteiger partial charge >= 0.3 is 0 Å². The zero-order valence-electron chi connectivity index (χ0n) is 16.0. The number of hydrogen-bond acceptors (Lipinski definition) is 5. The van der Waals surface area contributed by atoms with Crippen molar-refractivity contribution in [2.75, 3.05) is 25.0 Å². The van der Waals surface area contributed by atoms with Gasteiger partial charge in [-0.15, -0.1) is 0 Å². The Labute approximate surface area is 166 Å². The molecule has 1 saturated heterocycles. The van der Waals surface area contributed by atoms with Crippen LogP contribution >= 0.6 is 0 Å². The van der Waals surface area contributed by atoms with Crippen LogP contribution in [0.3, 0.4) is 0 Å². The van der Waals surface area contributed by atoms with E-state index in [2.05, 4.69) is 19.9 Å². The van der Waals surface area contributed by atoms with Crippen molar-refractivity contribution in [3.63, 3.8) is 0 Å². The first-order valence-electron chi connectivity index (χ1n) is 9.42. The van der Waals surface area contributed by atoms with E-state index in [9.17, 15) is 13.2 Å². The SMILES string of the molecule is CC(=O)Nc1ccc(S(=O)(=O)NCC2CCN(Cc3ccccn3)CC2)cc1. The lowest BCUT2D eigenvalue weighted by atomic mass is 9.97. The molecule has 1 aliphatic heterocycles. The second-order valence-electron chi connectivity index (χ2n) is 7.10. The van der Waals surface area contributed by atoms with Gasteiger partial charge in [-0.05, 0) is 68.2 Å². The number of likely N-dealkylation sites (tertiary alicyclic amines) is 1. The summed E-state index contributed by atoms with van der Waals surface area (Å²) in [4.78, 5) is 18.0. The number of sulfonamides is 1. The lowest BCUT2D eigenvalue weighted by molar-refractivity contribution is -0.114. The molecule has 28 heavy (non-hydrogen) atoms. The van der Waals surface area contributed by atoms with Gasteiger partial charge in [0, 0.05) is 31.9 Å². The van der Waals surface area contributed by atoms with Crippen LogP contribution in [0.4, 0.5) is 5.69 Å². The molecule has 3 rings (SSSR count). The summed E-state index contributed by atoms with van der Waals surface area (Å²) >= 11 is 0. The molecule has 1 amide bonds. The Morgan fingerprint density at radius 3 is 2.46 bits per heavy atom. The molecule has 2 N–H and O–H groups in total. The second kappa shape index (κ2) is 9.27. The van der Waals surface area contributed by atoms with E-state index in [1.54, 1.807) is 18.3 Å². The zero-order valence-corrected chi connectivity index (χ0v) is 16.8. The fourth-order valence-electron chi connectivity index (χ4n) is 3.30. The molecule has 7 nitrogen and oxygen atoms in total. The Morgan fingerprint density at radius 1 is 1.14 bits per heavy atom. The van der Waals surface area contributed by atoms with Gasteiger partial charge in [0.25, 0.3) is 0 Å². The summed E-state index contributed by atoms with van der Waals surface area (Å²) in [5.41, 5.74) is 1.64. The maximum Gasteiger partial charge on any atom is 0.240 e. The van der Waals surface area contributed by atoms with Gasteiger partial charge in [0.15, 0.2) is 0 Å². The molecule has 2 heterocycles. The smallest absolute Gasteiger partial charge is 0.240 e.